The molecule has 1 saturated carbocycles. The summed E-state index contributed by atoms with van der Waals surface area (Å²) in [6, 6.07) is 3.28. The smallest absolute Gasteiger partial charge is 0.223 e. The Morgan fingerprint density at radius 1 is 1.39 bits per heavy atom. The zero-order valence-corrected chi connectivity index (χ0v) is 9.96. The van der Waals surface area contributed by atoms with Gasteiger partial charge >= 0.3 is 0 Å². The Labute approximate surface area is 104 Å². The highest BCUT2D eigenvalue weighted by Crippen LogP contribution is 2.24. The number of halogens is 2. The van der Waals surface area contributed by atoms with Gasteiger partial charge in [-0.25, -0.2) is 8.78 Å². The van der Waals surface area contributed by atoms with Gasteiger partial charge in [-0.1, -0.05) is 0 Å². The molecule has 0 aromatic heterocycles. The second-order valence-corrected chi connectivity index (χ2v) is 4.72. The molecule has 3 N–H and O–H groups in total. The third-order valence-corrected chi connectivity index (χ3v) is 3.30. The molecule has 98 valence electrons. The van der Waals surface area contributed by atoms with Crippen LogP contribution in [-0.2, 0) is 11.3 Å². The Bertz CT molecular complexity index is 451. The first-order valence-corrected chi connectivity index (χ1v) is 6.03. The first-order valence-electron chi connectivity index (χ1n) is 6.03. The van der Waals surface area contributed by atoms with E-state index in [1.807, 2.05) is 0 Å². The maximum absolute atomic E-state index is 13.3. The van der Waals surface area contributed by atoms with E-state index in [1.54, 1.807) is 0 Å². The van der Waals surface area contributed by atoms with Gasteiger partial charge in [-0.15, -0.1) is 0 Å². The second kappa shape index (κ2) is 5.44. The first-order chi connectivity index (χ1) is 8.56. The predicted molar refractivity (Wildman–Crippen MR) is 63.5 cm³/mol. The normalized spacial score (nSPS) is 23.1. The Morgan fingerprint density at radius 2 is 2.17 bits per heavy atom. The van der Waals surface area contributed by atoms with Crippen LogP contribution in [0.1, 0.15) is 24.8 Å². The molecule has 0 spiro atoms. The summed E-state index contributed by atoms with van der Waals surface area (Å²) in [5.74, 6) is -1.26. The van der Waals surface area contributed by atoms with Crippen molar-refractivity contribution in [3.63, 3.8) is 0 Å². The van der Waals surface area contributed by atoms with Crippen molar-refractivity contribution in [3.8, 4) is 0 Å². The second-order valence-electron chi connectivity index (χ2n) is 4.72. The summed E-state index contributed by atoms with van der Waals surface area (Å²) in [5.41, 5.74) is 5.88. The van der Waals surface area contributed by atoms with E-state index < -0.39 is 11.6 Å². The van der Waals surface area contributed by atoms with Crippen LogP contribution in [0.5, 0.6) is 0 Å². The molecule has 1 amide bonds. The number of hydrogen-bond donors (Lipinski definition) is 2. The summed E-state index contributed by atoms with van der Waals surface area (Å²) in [4.78, 5) is 11.8. The summed E-state index contributed by atoms with van der Waals surface area (Å²) in [5, 5.41) is 2.63. The molecule has 2 atom stereocenters. The highest BCUT2D eigenvalue weighted by Gasteiger charge is 2.27. The molecule has 1 aromatic carbocycles. The van der Waals surface area contributed by atoms with Crippen LogP contribution in [-0.4, -0.2) is 11.9 Å². The van der Waals surface area contributed by atoms with Gasteiger partial charge in [-0.3, -0.25) is 4.79 Å². The standard InChI is InChI=1S/C13H16F2N2O/c14-10-2-4-12(15)9(5-10)7-17-13(18)8-1-3-11(16)6-8/h2,4-5,8,11H,1,3,6-7,16H2,(H,17,18). The highest BCUT2D eigenvalue weighted by atomic mass is 19.1. The molecule has 1 aliphatic carbocycles. The molecule has 0 bridgehead atoms. The van der Waals surface area contributed by atoms with Gasteiger partial charge in [-0.2, -0.15) is 0 Å². The predicted octanol–water partition coefficient (Wildman–Crippen LogP) is 1.71. The molecule has 3 nitrogen and oxygen atoms in total. The van der Waals surface area contributed by atoms with Gasteiger partial charge in [0.15, 0.2) is 0 Å². The molecular weight excluding hydrogens is 238 g/mol. The summed E-state index contributed by atoms with van der Waals surface area (Å²) >= 11 is 0. The number of nitrogens with one attached hydrogen (secondary N) is 1. The number of amides is 1. The minimum absolute atomic E-state index is 0.00810. The topological polar surface area (TPSA) is 55.1 Å². The molecule has 2 rings (SSSR count). The monoisotopic (exact) mass is 254 g/mol. The lowest BCUT2D eigenvalue weighted by molar-refractivity contribution is -0.125. The van der Waals surface area contributed by atoms with Crippen LogP contribution in [0.4, 0.5) is 8.78 Å². The average molecular weight is 254 g/mol. The van der Waals surface area contributed by atoms with E-state index in [0.29, 0.717) is 6.42 Å². The van der Waals surface area contributed by atoms with Gasteiger partial charge in [-0.05, 0) is 37.5 Å². The maximum Gasteiger partial charge on any atom is 0.223 e. The fourth-order valence-corrected chi connectivity index (χ4v) is 2.26. The molecule has 1 fully saturated rings. The van der Waals surface area contributed by atoms with Crippen LogP contribution in [0.15, 0.2) is 18.2 Å². The van der Waals surface area contributed by atoms with Gasteiger partial charge in [0.2, 0.25) is 5.91 Å². The average Bonchev–Trinajstić information content (AvgIpc) is 2.77. The van der Waals surface area contributed by atoms with Crippen LogP contribution < -0.4 is 11.1 Å². The van der Waals surface area contributed by atoms with Crippen molar-refractivity contribution < 1.29 is 13.6 Å². The van der Waals surface area contributed by atoms with Crippen LogP contribution in [0, 0.1) is 17.6 Å². The molecule has 0 heterocycles. The minimum Gasteiger partial charge on any atom is -0.352 e. The first kappa shape index (κ1) is 13.0. The summed E-state index contributed by atoms with van der Waals surface area (Å²) in [6.07, 6.45) is 2.27. The van der Waals surface area contributed by atoms with Gasteiger partial charge in [0.1, 0.15) is 11.6 Å². The number of benzene rings is 1. The Kier molecular flexibility index (Phi) is 3.91. The van der Waals surface area contributed by atoms with Crippen molar-refractivity contribution >= 4 is 5.91 Å². The zero-order chi connectivity index (χ0) is 13.1. The quantitative estimate of drug-likeness (QED) is 0.862. The molecule has 1 aromatic rings. The molecule has 0 radical (unpaired) electrons. The number of rotatable bonds is 3. The Balaban J connectivity index is 1.91. The van der Waals surface area contributed by atoms with Crippen molar-refractivity contribution in [1.82, 2.24) is 5.32 Å². The number of hydrogen-bond acceptors (Lipinski definition) is 2. The lowest BCUT2D eigenvalue weighted by atomic mass is 10.1. The minimum atomic E-state index is -0.514. The van der Waals surface area contributed by atoms with Gasteiger partial charge < -0.3 is 11.1 Å². The number of carbonyl (C=O) groups is 1. The van der Waals surface area contributed by atoms with Gasteiger partial charge in [0.05, 0.1) is 0 Å². The largest absolute Gasteiger partial charge is 0.352 e. The third kappa shape index (κ3) is 3.04. The zero-order valence-electron chi connectivity index (χ0n) is 9.96. The van der Waals surface area contributed by atoms with E-state index in [2.05, 4.69) is 5.32 Å². The number of carbonyl (C=O) groups excluding carboxylic acids is 1. The van der Waals surface area contributed by atoms with Gasteiger partial charge in [0, 0.05) is 24.1 Å². The van der Waals surface area contributed by atoms with Crippen molar-refractivity contribution in [1.29, 1.82) is 0 Å². The van der Waals surface area contributed by atoms with Crippen LogP contribution in [0.3, 0.4) is 0 Å². The Hall–Kier alpha value is -1.49. The summed E-state index contributed by atoms with van der Waals surface area (Å²) in [7, 11) is 0. The van der Waals surface area contributed by atoms with E-state index in [4.69, 9.17) is 5.73 Å². The summed E-state index contributed by atoms with van der Waals surface area (Å²) < 4.78 is 26.2. The SMILES string of the molecule is NC1CCC(C(=O)NCc2cc(F)ccc2F)C1. The van der Waals surface area contributed by atoms with E-state index in [0.717, 1.165) is 31.0 Å². The lowest BCUT2D eigenvalue weighted by Gasteiger charge is -2.11. The van der Waals surface area contributed by atoms with Gasteiger partial charge in [0.25, 0.3) is 0 Å². The highest BCUT2D eigenvalue weighted by molar-refractivity contribution is 5.79. The van der Waals surface area contributed by atoms with E-state index in [1.165, 1.54) is 0 Å². The van der Waals surface area contributed by atoms with Crippen molar-refractivity contribution in [3.05, 3.63) is 35.4 Å². The molecule has 5 heteroatoms. The fourth-order valence-electron chi connectivity index (χ4n) is 2.26. The van der Waals surface area contributed by atoms with Crippen LogP contribution in [0.25, 0.3) is 0 Å². The number of nitrogens with two attached hydrogens (primary N) is 1. The third-order valence-electron chi connectivity index (χ3n) is 3.30. The van der Waals surface area contributed by atoms with E-state index in [9.17, 15) is 13.6 Å². The summed E-state index contributed by atoms with van der Waals surface area (Å²) in [6.45, 7) is 0.00810. The van der Waals surface area contributed by atoms with Crippen molar-refractivity contribution in [2.45, 2.75) is 31.8 Å². The Morgan fingerprint density at radius 3 is 2.83 bits per heavy atom. The maximum atomic E-state index is 13.3. The van der Waals surface area contributed by atoms with E-state index >= 15 is 0 Å². The van der Waals surface area contributed by atoms with Crippen LogP contribution in [0.2, 0.25) is 0 Å². The molecule has 0 aliphatic heterocycles. The fraction of sp³-hybridized carbons (Fsp3) is 0.462. The lowest BCUT2D eigenvalue weighted by Crippen LogP contribution is -2.30. The molecule has 18 heavy (non-hydrogen) atoms. The van der Waals surface area contributed by atoms with Crippen LogP contribution >= 0.6 is 0 Å². The molecule has 0 saturated heterocycles. The molecular formula is C13H16F2N2O. The van der Waals surface area contributed by atoms with Crippen molar-refractivity contribution in [2.75, 3.05) is 0 Å². The van der Waals surface area contributed by atoms with E-state index in [-0.39, 0.29) is 30.0 Å². The van der Waals surface area contributed by atoms with Crippen molar-refractivity contribution in [2.24, 2.45) is 11.7 Å². The molecule has 1 aliphatic rings. The molecule has 2 unspecified atom stereocenters.